The molecule has 2 aromatic rings. The summed E-state index contributed by atoms with van der Waals surface area (Å²) in [5, 5.41) is 7.05. The van der Waals surface area contributed by atoms with Crippen LogP contribution in [-0.2, 0) is 11.2 Å². The zero-order chi connectivity index (χ0) is 16.9. The third kappa shape index (κ3) is 4.24. The number of hydrogen-bond acceptors (Lipinski definition) is 5. The molecule has 6 heteroatoms. The lowest BCUT2D eigenvalue weighted by atomic mass is 10.1. The molecule has 1 fully saturated rings. The second-order valence-corrected chi connectivity index (χ2v) is 7.25. The second kappa shape index (κ2) is 7.94. The predicted octanol–water partition coefficient (Wildman–Crippen LogP) is 3.10. The molecule has 0 spiro atoms. The first-order chi connectivity index (χ1) is 11.7. The minimum absolute atomic E-state index is 0.0252. The van der Waals surface area contributed by atoms with Gasteiger partial charge in [0.25, 0.3) is 0 Å². The van der Waals surface area contributed by atoms with E-state index in [2.05, 4.69) is 22.1 Å². The van der Waals surface area contributed by atoms with E-state index in [0.717, 1.165) is 43.2 Å². The van der Waals surface area contributed by atoms with Gasteiger partial charge in [0.1, 0.15) is 5.76 Å². The number of likely N-dealkylation sites (tertiary alicyclic amines) is 1. The first-order valence-electron chi connectivity index (χ1n) is 8.63. The van der Waals surface area contributed by atoms with Gasteiger partial charge in [0.15, 0.2) is 0 Å². The van der Waals surface area contributed by atoms with Crippen LogP contribution in [0.5, 0.6) is 0 Å². The van der Waals surface area contributed by atoms with Crippen LogP contribution in [0.1, 0.15) is 31.2 Å². The summed E-state index contributed by atoms with van der Waals surface area (Å²) in [5.41, 5.74) is 1.70. The lowest BCUT2D eigenvalue weighted by molar-refractivity contribution is -0.120. The maximum atomic E-state index is 12.2. The summed E-state index contributed by atoms with van der Waals surface area (Å²) in [4.78, 5) is 19.2. The van der Waals surface area contributed by atoms with Gasteiger partial charge in [-0.1, -0.05) is 6.92 Å². The van der Waals surface area contributed by atoms with Gasteiger partial charge < -0.3 is 14.6 Å². The van der Waals surface area contributed by atoms with E-state index in [1.807, 2.05) is 23.8 Å². The van der Waals surface area contributed by atoms with E-state index in [-0.39, 0.29) is 12.3 Å². The van der Waals surface area contributed by atoms with Gasteiger partial charge >= 0.3 is 0 Å². The normalized spacial score (nSPS) is 18.2. The molecule has 0 saturated carbocycles. The maximum Gasteiger partial charge on any atom is 0.227 e. The number of hydrogen-bond donors (Lipinski definition) is 1. The van der Waals surface area contributed by atoms with Crippen molar-refractivity contribution in [2.24, 2.45) is 5.92 Å². The molecule has 3 heterocycles. The van der Waals surface area contributed by atoms with E-state index in [1.54, 1.807) is 11.3 Å². The molecule has 1 atom stereocenters. The van der Waals surface area contributed by atoms with Gasteiger partial charge in [0, 0.05) is 24.0 Å². The average molecular weight is 347 g/mol. The summed E-state index contributed by atoms with van der Waals surface area (Å²) in [6.07, 6.45) is 2.65. The molecular formula is C18H25N3O2S. The molecule has 24 heavy (non-hydrogen) atoms. The van der Waals surface area contributed by atoms with Crippen LogP contribution in [0.15, 0.2) is 21.2 Å². The third-order valence-corrected chi connectivity index (χ3v) is 5.17. The van der Waals surface area contributed by atoms with Gasteiger partial charge in [-0.3, -0.25) is 4.79 Å². The van der Waals surface area contributed by atoms with Crippen LogP contribution in [0.4, 0.5) is 0 Å². The predicted molar refractivity (Wildman–Crippen MR) is 96.1 cm³/mol. The monoisotopic (exact) mass is 347 g/mol. The average Bonchev–Trinajstić information content (AvgIpc) is 3.28. The van der Waals surface area contributed by atoms with Gasteiger partial charge in [0.2, 0.25) is 11.8 Å². The van der Waals surface area contributed by atoms with Crippen LogP contribution in [0, 0.1) is 12.8 Å². The van der Waals surface area contributed by atoms with Crippen LogP contribution < -0.4 is 5.32 Å². The Balaban J connectivity index is 1.49. The molecule has 0 bridgehead atoms. The molecule has 1 saturated heterocycles. The fraction of sp³-hybridized carbons (Fsp3) is 0.556. The molecule has 5 nitrogen and oxygen atoms in total. The molecule has 1 aliphatic heterocycles. The van der Waals surface area contributed by atoms with Gasteiger partial charge in [0.05, 0.1) is 12.1 Å². The highest BCUT2D eigenvalue weighted by atomic mass is 32.1. The number of amides is 1. The van der Waals surface area contributed by atoms with Crippen LogP contribution in [0.2, 0.25) is 0 Å². The van der Waals surface area contributed by atoms with E-state index in [0.29, 0.717) is 11.8 Å². The number of nitrogens with zero attached hydrogens (tertiary/aromatic N) is 2. The van der Waals surface area contributed by atoms with Crippen molar-refractivity contribution in [3.05, 3.63) is 28.3 Å². The van der Waals surface area contributed by atoms with E-state index in [1.165, 1.54) is 12.8 Å². The molecule has 3 rings (SSSR count). The van der Waals surface area contributed by atoms with Crippen LogP contribution in [-0.4, -0.2) is 42.0 Å². The van der Waals surface area contributed by atoms with Crippen molar-refractivity contribution in [1.29, 1.82) is 0 Å². The number of aryl methyl sites for hydroxylation is 1. The topological polar surface area (TPSA) is 58.4 Å². The molecule has 0 aliphatic carbocycles. The van der Waals surface area contributed by atoms with Crippen molar-refractivity contribution in [2.75, 3.05) is 26.2 Å². The Morgan fingerprint density at radius 3 is 3.17 bits per heavy atom. The summed E-state index contributed by atoms with van der Waals surface area (Å²) in [5.74, 6) is 1.92. The van der Waals surface area contributed by atoms with Gasteiger partial charge in [-0.25, -0.2) is 4.98 Å². The fourth-order valence-corrected chi connectivity index (χ4v) is 3.80. The summed E-state index contributed by atoms with van der Waals surface area (Å²) in [7, 11) is 0. The molecular weight excluding hydrogens is 322 g/mol. The fourth-order valence-electron chi connectivity index (χ4n) is 3.17. The first-order valence-corrected chi connectivity index (χ1v) is 9.58. The highest BCUT2D eigenvalue weighted by Gasteiger charge is 2.22. The minimum atomic E-state index is 0.0252. The Labute approximate surface area is 147 Å². The van der Waals surface area contributed by atoms with Crippen LogP contribution >= 0.6 is 11.3 Å². The smallest absolute Gasteiger partial charge is 0.227 e. The number of carbonyl (C=O) groups is 1. The first kappa shape index (κ1) is 17.2. The maximum absolute atomic E-state index is 12.2. The van der Waals surface area contributed by atoms with E-state index in [4.69, 9.17) is 4.42 Å². The van der Waals surface area contributed by atoms with Gasteiger partial charge in [-0.05, 0) is 50.2 Å². The van der Waals surface area contributed by atoms with E-state index < -0.39 is 0 Å². The summed E-state index contributed by atoms with van der Waals surface area (Å²) < 4.78 is 5.69. The van der Waals surface area contributed by atoms with Crippen molar-refractivity contribution < 1.29 is 9.21 Å². The SMILES string of the molecule is CCCN1CC[C@@H](CNC(=O)Cc2nc(-c3ccsc3)oc2C)C1. The van der Waals surface area contributed by atoms with E-state index in [9.17, 15) is 4.79 Å². The third-order valence-electron chi connectivity index (χ3n) is 4.49. The minimum Gasteiger partial charge on any atom is -0.441 e. The molecule has 2 aromatic heterocycles. The molecule has 130 valence electrons. The number of nitrogens with one attached hydrogen (secondary N) is 1. The number of oxazole rings is 1. The van der Waals surface area contributed by atoms with Gasteiger partial charge in [-0.2, -0.15) is 11.3 Å². The van der Waals surface area contributed by atoms with Crippen molar-refractivity contribution in [3.63, 3.8) is 0 Å². The number of thiophene rings is 1. The van der Waals surface area contributed by atoms with Crippen LogP contribution in [0.3, 0.4) is 0 Å². The molecule has 1 aliphatic rings. The Morgan fingerprint density at radius 2 is 2.42 bits per heavy atom. The number of aromatic nitrogens is 1. The molecule has 0 radical (unpaired) electrons. The highest BCUT2D eigenvalue weighted by molar-refractivity contribution is 7.08. The Bertz CT molecular complexity index is 666. The lowest BCUT2D eigenvalue weighted by Gasteiger charge is -2.14. The summed E-state index contributed by atoms with van der Waals surface area (Å²) in [6.45, 7) is 8.24. The largest absolute Gasteiger partial charge is 0.441 e. The number of carbonyl (C=O) groups excluding carboxylic acids is 1. The van der Waals surface area contributed by atoms with Crippen molar-refractivity contribution in [1.82, 2.24) is 15.2 Å². The number of rotatable bonds is 7. The van der Waals surface area contributed by atoms with Crippen LogP contribution in [0.25, 0.3) is 11.5 Å². The highest BCUT2D eigenvalue weighted by Crippen LogP contribution is 2.24. The Kier molecular flexibility index (Phi) is 5.68. The quantitative estimate of drug-likeness (QED) is 0.836. The van der Waals surface area contributed by atoms with E-state index >= 15 is 0 Å². The zero-order valence-corrected chi connectivity index (χ0v) is 15.2. The molecule has 0 unspecified atom stereocenters. The second-order valence-electron chi connectivity index (χ2n) is 6.47. The van der Waals surface area contributed by atoms with Crippen molar-refractivity contribution in [3.8, 4) is 11.5 Å². The molecule has 1 N–H and O–H groups in total. The molecule has 1 amide bonds. The lowest BCUT2D eigenvalue weighted by Crippen LogP contribution is -2.32. The standard InChI is InChI=1S/C18H25N3O2S/c1-3-6-21-7-4-14(11-21)10-19-17(22)9-16-13(2)23-18(20-16)15-5-8-24-12-15/h5,8,12,14H,3-4,6-7,9-11H2,1-2H3,(H,19,22)/t14-/m0/s1. The summed E-state index contributed by atoms with van der Waals surface area (Å²) in [6, 6.07) is 1.97. The van der Waals surface area contributed by atoms with Crippen molar-refractivity contribution >= 4 is 17.2 Å². The Hall–Kier alpha value is -1.66. The van der Waals surface area contributed by atoms with Gasteiger partial charge in [-0.15, -0.1) is 0 Å². The summed E-state index contributed by atoms with van der Waals surface area (Å²) >= 11 is 1.61. The van der Waals surface area contributed by atoms with Crippen molar-refractivity contribution in [2.45, 2.75) is 33.1 Å². The Morgan fingerprint density at radius 1 is 1.54 bits per heavy atom. The zero-order valence-electron chi connectivity index (χ0n) is 14.4. The molecule has 0 aromatic carbocycles.